The molecule has 1 aliphatic heterocycles. The van der Waals surface area contributed by atoms with E-state index < -0.39 is 23.6 Å². The first-order valence-electron chi connectivity index (χ1n) is 13.6. The number of likely N-dealkylation sites (tertiary alicyclic amines) is 1. The third-order valence-electron chi connectivity index (χ3n) is 7.65. The summed E-state index contributed by atoms with van der Waals surface area (Å²) in [6.45, 7) is 5.22. The molecule has 4 aromatic rings. The molecular weight excluding hydrogens is 545 g/mol. The lowest BCUT2D eigenvalue weighted by atomic mass is 10.0. The van der Waals surface area contributed by atoms with Gasteiger partial charge in [-0.2, -0.15) is 13.2 Å². The number of anilines is 2. The third kappa shape index (κ3) is 6.47. The molecule has 2 aromatic heterocycles. The second-order valence-corrected chi connectivity index (χ2v) is 11.1. The predicted molar refractivity (Wildman–Crippen MR) is 157 cm³/mol. The Bertz CT molecular complexity index is 1650. The second kappa shape index (κ2) is 11.6. The van der Waals surface area contributed by atoms with E-state index in [0.29, 0.717) is 41.6 Å². The number of fused-ring (bicyclic) bond motifs is 1. The van der Waals surface area contributed by atoms with E-state index >= 15 is 0 Å². The number of rotatable bonds is 7. The van der Waals surface area contributed by atoms with Crippen LogP contribution in [0, 0.1) is 13.8 Å². The van der Waals surface area contributed by atoms with E-state index in [4.69, 9.17) is 0 Å². The average Bonchev–Trinajstić information content (AvgIpc) is 3.54. The molecule has 2 amide bonds. The predicted octanol–water partition coefficient (Wildman–Crippen LogP) is 5.84. The summed E-state index contributed by atoms with van der Waals surface area (Å²) >= 11 is 0. The normalized spacial score (nSPS) is 15.9. The molecule has 1 unspecified atom stereocenters. The van der Waals surface area contributed by atoms with Crippen LogP contribution in [-0.2, 0) is 12.7 Å². The van der Waals surface area contributed by atoms with Crippen molar-refractivity contribution in [3.05, 3.63) is 88.2 Å². The average molecular weight is 579 g/mol. The number of pyridine rings is 1. The smallest absolute Gasteiger partial charge is 0.344 e. The van der Waals surface area contributed by atoms with Crippen LogP contribution >= 0.6 is 0 Å². The Morgan fingerprint density at radius 2 is 1.79 bits per heavy atom. The zero-order chi connectivity index (χ0) is 30.2. The van der Waals surface area contributed by atoms with Crippen LogP contribution in [0.15, 0.2) is 54.7 Å². The van der Waals surface area contributed by atoms with Crippen molar-refractivity contribution in [1.82, 2.24) is 19.8 Å². The molecule has 0 bridgehead atoms. The summed E-state index contributed by atoms with van der Waals surface area (Å²) in [7, 11) is 3.93. The molecule has 3 N–H and O–H groups in total. The maximum atomic E-state index is 14.0. The number of amides is 2. The third-order valence-corrected chi connectivity index (χ3v) is 7.65. The molecule has 1 atom stereocenters. The molecule has 0 spiro atoms. The van der Waals surface area contributed by atoms with Gasteiger partial charge in [-0.25, -0.2) is 4.98 Å². The number of aromatic nitrogens is 2. The number of hydrogen-bond acceptors (Lipinski definition) is 5. The van der Waals surface area contributed by atoms with Gasteiger partial charge in [-0.05, 0) is 81.9 Å². The minimum absolute atomic E-state index is 0.119. The van der Waals surface area contributed by atoms with E-state index in [1.807, 2.05) is 32.0 Å². The largest absolute Gasteiger partial charge is 0.416 e. The van der Waals surface area contributed by atoms with E-state index in [9.17, 15) is 22.8 Å². The molecule has 1 aliphatic rings. The van der Waals surface area contributed by atoms with Crippen molar-refractivity contribution in [3.8, 4) is 0 Å². The van der Waals surface area contributed by atoms with E-state index in [-0.39, 0.29) is 23.4 Å². The molecule has 42 heavy (non-hydrogen) atoms. The molecule has 1 fully saturated rings. The molecule has 3 heterocycles. The highest BCUT2D eigenvalue weighted by Crippen LogP contribution is 2.34. The number of benzene rings is 2. The second-order valence-electron chi connectivity index (χ2n) is 11.1. The number of aromatic amines is 1. The lowest BCUT2D eigenvalue weighted by molar-refractivity contribution is -0.138. The summed E-state index contributed by atoms with van der Waals surface area (Å²) in [5.41, 5.74) is 2.62. The Labute approximate surface area is 241 Å². The van der Waals surface area contributed by atoms with Crippen LogP contribution in [0.2, 0.25) is 0 Å². The molecule has 5 rings (SSSR count). The number of hydrogen-bond donors (Lipinski definition) is 3. The van der Waals surface area contributed by atoms with Gasteiger partial charge in [0.05, 0.1) is 17.4 Å². The Morgan fingerprint density at radius 1 is 1.02 bits per heavy atom. The highest BCUT2D eigenvalue weighted by molar-refractivity contribution is 6.08. The van der Waals surface area contributed by atoms with Gasteiger partial charge in [-0.1, -0.05) is 12.1 Å². The van der Waals surface area contributed by atoms with E-state index in [0.717, 1.165) is 23.6 Å². The molecule has 0 radical (unpaired) electrons. The van der Waals surface area contributed by atoms with Crippen LogP contribution in [0.3, 0.4) is 0 Å². The van der Waals surface area contributed by atoms with Crippen LogP contribution in [0.4, 0.5) is 24.5 Å². The van der Waals surface area contributed by atoms with Gasteiger partial charge in [0.25, 0.3) is 11.8 Å². The maximum Gasteiger partial charge on any atom is 0.416 e. The van der Waals surface area contributed by atoms with E-state index in [1.54, 1.807) is 31.3 Å². The molecule has 0 saturated carbocycles. The van der Waals surface area contributed by atoms with Gasteiger partial charge in [-0.15, -0.1) is 0 Å². The lowest BCUT2D eigenvalue weighted by Crippen LogP contribution is -2.31. The van der Waals surface area contributed by atoms with Gasteiger partial charge < -0.3 is 20.5 Å². The molecule has 2 aromatic carbocycles. The van der Waals surface area contributed by atoms with Crippen molar-refractivity contribution in [2.24, 2.45) is 0 Å². The number of halogens is 3. The SMILES string of the molecule is Cc1cc2cc(NC(=O)c3cc(NC(=O)c4ccc(CN5CCC(N(C)C)C5)c(C(F)(F)F)c4)ccc3C)cnc2[nH]1. The van der Waals surface area contributed by atoms with Crippen LogP contribution in [0.5, 0.6) is 0 Å². The molecule has 220 valence electrons. The number of nitrogens with one attached hydrogen (secondary N) is 3. The van der Waals surface area contributed by atoms with Gasteiger partial charge in [-0.3, -0.25) is 14.5 Å². The lowest BCUT2D eigenvalue weighted by Gasteiger charge is -2.22. The Kier molecular flexibility index (Phi) is 8.07. The first-order chi connectivity index (χ1) is 19.9. The number of alkyl halides is 3. The minimum Gasteiger partial charge on any atom is -0.344 e. The van der Waals surface area contributed by atoms with Gasteiger partial charge in [0, 0.05) is 53.6 Å². The Morgan fingerprint density at radius 3 is 2.50 bits per heavy atom. The van der Waals surface area contributed by atoms with Crippen molar-refractivity contribution in [2.45, 2.75) is 39.0 Å². The highest BCUT2D eigenvalue weighted by atomic mass is 19.4. The first-order valence-corrected chi connectivity index (χ1v) is 13.6. The summed E-state index contributed by atoms with van der Waals surface area (Å²) in [4.78, 5) is 37.7. The zero-order valence-corrected chi connectivity index (χ0v) is 23.9. The molecule has 0 aliphatic carbocycles. The van der Waals surface area contributed by atoms with Gasteiger partial charge >= 0.3 is 6.18 Å². The summed E-state index contributed by atoms with van der Waals surface area (Å²) in [6.07, 6.45) is -2.17. The summed E-state index contributed by atoms with van der Waals surface area (Å²) in [5.74, 6) is -1.10. The van der Waals surface area contributed by atoms with Gasteiger partial charge in [0.2, 0.25) is 0 Å². The maximum absolute atomic E-state index is 14.0. The fourth-order valence-electron chi connectivity index (χ4n) is 5.30. The van der Waals surface area contributed by atoms with Crippen LogP contribution in [0.1, 0.15) is 49.5 Å². The Balaban J connectivity index is 1.31. The molecule has 11 heteroatoms. The molecule has 8 nitrogen and oxygen atoms in total. The number of carbonyl (C=O) groups is 2. The fraction of sp³-hybridized carbons (Fsp3) is 0.323. The Hall–Kier alpha value is -4.22. The van der Waals surface area contributed by atoms with Crippen molar-refractivity contribution in [2.75, 3.05) is 37.8 Å². The molecule has 1 saturated heterocycles. The van der Waals surface area contributed by atoms with Crippen molar-refractivity contribution in [1.29, 1.82) is 0 Å². The number of nitrogens with zero attached hydrogens (tertiary/aromatic N) is 3. The summed E-state index contributed by atoms with van der Waals surface area (Å²) < 4.78 is 42.1. The quantitative estimate of drug-likeness (QED) is 0.256. The highest BCUT2D eigenvalue weighted by Gasteiger charge is 2.35. The zero-order valence-electron chi connectivity index (χ0n) is 23.9. The minimum atomic E-state index is -4.61. The number of aryl methyl sites for hydroxylation is 2. The van der Waals surface area contributed by atoms with Crippen LogP contribution in [-0.4, -0.2) is 64.8 Å². The topological polar surface area (TPSA) is 93.4 Å². The molecular formula is C31H33F3N6O2. The van der Waals surface area contributed by atoms with Gasteiger partial charge in [0.15, 0.2) is 0 Å². The number of H-pyrrole nitrogens is 1. The summed E-state index contributed by atoms with van der Waals surface area (Å²) in [6, 6.07) is 12.5. The fourth-order valence-corrected chi connectivity index (χ4v) is 5.30. The summed E-state index contributed by atoms with van der Waals surface area (Å²) in [5, 5.41) is 6.32. The van der Waals surface area contributed by atoms with E-state index in [2.05, 4.69) is 25.5 Å². The van der Waals surface area contributed by atoms with Crippen molar-refractivity contribution in [3.63, 3.8) is 0 Å². The van der Waals surface area contributed by atoms with Crippen LogP contribution in [0.25, 0.3) is 11.0 Å². The van der Waals surface area contributed by atoms with Gasteiger partial charge in [0.1, 0.15) is 5.65 Å². The monoisotopic (exact) mass is 578 g/mol. The van der Waals surface area contributed by atoms with E-state index in [1.165, 1.54) is 18.2 Å². The van der Waals surface area contributed by atoms with Crippen molar-refractivity contribution >= 4 is 34.2 Å². The standard InChI is InChI=1S/C31H33F3N6O2/c1-18-5-8-23(14-26(18)30(42)38-24-12-22-11-19(2)36-28(22)35-15-24)37-29(41)20-6-7-21(27(13-20)31(32,33)34)16-40-10-9-25(17-40)39(3)4/h5-8,11-15,25H,9-10,16-17H2,1-4H3,(H,35,36)(H,37,41)(H,38,42). The first kappa shape index (κ1) is 29.3. The van der Waals surface area contributed by atoms with Crippen molar-refractivity contribution < 1.29 is 22.8 Å². The van der Waals surface area contributed by atoms with Crippen LogP contribution < -0.4 is 10.6 Å². The number of likely N-dealkylation sites (N-methyl/N-ethyl adjacent to an activating group) is 1. The number of carbonyl (C=O) groups excluding carboxylic acids is 2.